The van der Waals surface area contributed by atoms with Crippen LogP contribution in [0, 0.1) is 6.92 Å². The summed E-state index contributed by atoms with van der Waals surface area (Å²) >= 11 is 0. The van der Waals surface area contributed by atoms with E-state index < -0.39 is 22.0 Å². The minimum Gasteiger partial charge on any atom is -0.352 e. The van der Waals surface area contributed by atoms with Crippen LogP contribution >= 0.6 is 0 Å². The first-order valence-electron chi connectivity index (χ1n) is 12.1. The van der Waals surface area contributed by atoms with Gasteiger partial charge in [0, 0.05) is 19.6 Å². The molecule has 0 fully saturated rings. The normalized spacial score (nSPS) is 13.4. The number of rotatable bonds is 10. The summed E-state index contributed by atoms with van der Waals surface area (Å²) in [6, 6.07) is 19.3. The van der Waals surface area contributed by atoms with Crippen molar-refractivity contribution in [1.82, 2.24) is 14.5 Å². The molecule has 1 N–H and O–H groups in total. The molecule has 192 valence electrons. The second kappa shape index (κ2) is 11.7. The predicted molar refractivity (Wildman–Crippen MR) is 143 cm³/mol. The molecule has 2 atom stereocenters. The molecule has 3 aromatic rings. The van der Waals surface area contributed by atoms with Crippen molar-refractivity contribution in [2.75, 3.05) is 13.6 Å². The summed E-state index contributed by atoms with van der Waals surface area (Å²) in [5, 5.41) is 4.65. The first-order chi connectivity index (χ1) is 17.0. The Morgan fingerprint density at radius 3 is 2.22 bits per heavy atom. The number of carbonyl (C=O) groups excluding carboxylic acids is 2. The maximum Gasteiger partial charge on any atom is 0.243 e. The lowest BCUT2D eigenvalue weighted by Gasteiger charge is -2.31. The molecule has 3 rings (SSSR count). The number of benzene rings is 3. The smallest absolute Gasteiger partial charge is 0.243 e. The number of aryl methyl sites for hydroxylation is 1. The largest absolute Gasteiger partial charge is 0.352 e. The van der Waals surface area contributed by atoms with Crippen molar-refractivity contribution >= 4 is 32.6 Å². The van der Waals surface area contributed by atoms with Gasteiger partial charge in [0.15, 0.2) is 0 Å². The highest BCUT2D eigenvalue weighted by Gasteiger charge is 2.30. The van der Waals surface area contributed by atoms with Crippen molar-refractivity contribution in [3.05, 3.63) is 77.9 Å². The van der Waals surface area contributed by atoms with E-state index in [0.717, 1.165) is 32.6 Å². The maximum atomic E-state index is 13.5. The standard InChI is InChI=1S/C28H35N3O4S/c1-6-21(3)29-28(33)22(4)31(18-23-13-11-20(2)12-14-23)27(32)19-30(5)36(34,35)26-16-15-24-9-7-8-10-25(24)17-26/h7-17,21-22H,6,18-19H2,1-5H3,(H,29,33)/t21-,22-/m0/s1. The molecular weight excluding hydrogens is 474 g/mol. The lowest BCUT2D eigenvalue weighted by atomic mass is 10.1. The summed E-state index contributed by atoms with van der Waals surface area (Å²) in [4.78, 5) is 27.9. The van der Waals surface area contributed by atoms with Crippen molar-refractivity contribution in [2.45, 2.75) is 57.6 Å². The molecule has 0 aliphatic carbocycles. The van der Waals surface area contributed by atoms with Crippen LogP contribution in [0.5, 0.6) is 0 Å². The lowest BCUT2D eigenvalue weighted by Crippen LogP contribution is -2.51. The zero-order valence-electron chi connectivity index (χ0n) is 21.6. The highest BCUT2D eigenvalue weighted by atomic mass is 32.2. The number of hydrogen-bond acceptors (Lipinski definition) is 4. The Hall–Kier alpha value is -3.23. The van der Waals surface area contributed by atoms with Crippen LogP contribution in [0.3, 0.4) is 0 Å². The fourth-order valence-electron chi connectivity index (χ4n) is 3.81. The molecule has 36 heavy (non-hydrogen) atoms. The number of nitrogens with zero attached hydrogens (tertiary/aromatic N) is 2. The summed E-state index contributed by atoms with van der Waals surface area (Å²) in [7, 11) is -2.54. The number of amides is 2. The van der Waals surface area contributed by atoms with Gasteiger partial charge in [0.1, 0.15) is 6.04 Å². The molecule has 0 unspecified atom stereocenters. The molecule has 0 spiro atoms. The number of carbonyl (C=O) groups is 2. The predicted octanol–water partition coefficient (Wildman–Crippen LogP) is 4.10. The van der Waals surface area contributed by atoms with Crippen molar-refractivity contribution in [1.29, 1.82) is 0 Å². The molecular formula is C28H35N3O4S. The van der Waals surface area contributed by atoms with Crippen molar-refractivity contribution in [3.8, 4) is 0 Å². The first kappa shape index (κ1) is 27.4. The number of nitrogens with one attached hydrogen (secondary N) is 1. The van der Waals surface area contributed by atoms with Crippen LogP contribution in [0.2, 0.25) is 0 Å². The molecule has 0 aromatic heterocycles. The summed E-state index contributed by atoms with van der Waals surface area (Å²) < 4.78 is 27.6. The third-order valence-electron chi connectivity index (χ3n) is 6.43. The highest BCUT2D eigenvalue weighted by molar-refractivity contribution is 7.89. The highest BCUT2D eigenvalue weighted by Crippen LogP contribution is 2.22. The fraction of sp³-hybridized carbons (Fsp3) is 0.357. The van der Waals surface area contributed by atoms with E-state index in [1.165, 1.54) is 11.9 Å². The Labute approximate surface area is 214 Å². The van der Waals surface area contributed by atoms with E-state index in [1.807, 2.05) is 69.3 Å². The molecule has 0 bridgehead atoms. The van der Waals surface area contributed by atoms with E-state index in [0.29, 0.717) is 0 Å². The Bertz CT molecular complexity index is 1320. The van der Waals surface area contributed by atoms with E-state index in [4.69, 9.17) is 0 Å². The van der Waals surface area contributed by atoms with Gasteiger partial charge in [0.25, 0.3) is 0 Å². The van der Waals surface area contributed by atoms with Gasteiger partial charge in [-0.05, 0) is 55.7 Å². The van der Waals surface area contributed by atoms with Crippen LogP contribution in [0.1, 0.15) is 38.3 Å². The number of hydrogen-bond donors (Lipinski definition) is 1. The Morgan fingerprint density at radius 2 is 1.58 bits per heavy atom. The van der Waals surface area contributed by atoms with Crippen molar-refractivity contribution in [3.63, 3.8) is 0 Å². The summed E-state index contributed by atoms with van der Waals surface area (Å²) in [5.41, 5.74) is 1.94. The minimum atomic E-state index is -3.92. The van der Waals surface area contributed by atoms with E-state index in [9.17, 15) is 18.0 Å². The molecule has 8 heteroatoms. The zero-order valence-corrected chi connectivity index (χ0v) is 22.4. The van der Waals surface area contributed by atoms with Gasteiger partial charge in [-0.1, -0.05) is 67.1 Å². The molecule has 2 amide bonds. The van der Waals surface area contributed by atoms with Gasteiger partial charge in [-0.25, -0.2) is 8.42 Å². The van der Waals surface area contributed by atoms with Gasteiger partial charge in [-0.3, -0.25) is 9.59 Å². The van der Waals surface area contributed by atoms with Crippen LogP contribution in [-0.2, 0) is 26.2 Å². The third-order valence-corrected chi connectivity index (χ3v) is 8.23. The third kappa shape index (κ3) is 6.50. The lowest BCUT2D eigenvalue weighted by molar-refractivity contribution is -0.140. The van der Waals surface area contributed by atoms with Crippen LogP contribution in [0.15, 0.2) is 71.6 Å². The molecule has 0 aliphatic heterocycles. The second-order valence-corrected chi connectivity index (χ2v) is 11.3. The van der Waals surface area contributed by atoms with Crippen LogP contribution in [0.25, 0.3) is 10.8 Å². The SMILES string of the molecule is CC[C@H](C)NC(=O)[C@H](C)N(Cc1ccc(C)cc1)C(=O)CN(C)S(=O)(=O)c1ccc2ccccc2c1. The van der Waals surface area contributed by atoms with E-state index in [-0.39, 0.29) is 29.9 Å². The minimum absolute atomic E-state index is 0.0350. The quantitative estimate of drug-likeness (QED) is 0.446. The monoisotopic (exact) mass is 509 g/mol. The maximum absolute atomic E-state index is 13.5. The van der Waals surface area contributed by atoms with Gasteiger partial charge in [-0.15, -0.1) is 0 Å². The van der Waals surface area contributed by atoms with Crippen molar-refractivity contribution in [2.24, 2.45) is 0 Å². The fourth-order valence-corrected chi connectivity index (χ4v) is 4.97. The second-order valence-electron chi connectivity index (χ2n) is 9.27. The van der Waals surface area contributed by atoms with E-state index in [1.54, 1.807) is 25.1 Å². The first-order valence-corrected chi connectivity index (χ1v) is 13.6. The molecule has 3 aromatic carbocycles. The zero-order chi connectivity index (χ0) is 26.5. The molecule has 7 nitrogen and oxygen atoms in total. The molecule has 0 heterocycles. The average Bonchev–Trinajstić information content (AvgIpc) is 2.87. The van der Waals surface area contributed by atoms with Gasteiger partial charge in [-0.2, -0.15) is 4.31 Å². The van der Waals surface area contributed by atoms with Gasteiger partial charge >= 0.3 is 0 Å². The average molecular weight is 510 g/mol. The molecule has 0 saturated carbocycles. The van der Waals surface area contributed by atoms with Gasteiger partial charge < -0.3 is 10.2 Å². The van der Waals surface area contributed by atoms with Crippen LogP contribution in [-0.4, -0.2) is 55.1 Å². The molecule has 0 aliphatic rings. The summed E-state index contributed by atoms with van der Waals surface area (Å²) in [6.07, 6.45) is 0.761. The topological polar surface area (TPSA) is 86.8 Å². The Morgan fingerprint density at radius 1 is 0.944 bits per heavy atom. The Kier molecular flexibility index (Phi) is 8.87. The van der Waals surface area contributed by atoms with Crippen LogP contribution in [0.4, 0.5) is 0 Å². The number of fused-ring (bicyclic) bond motifs is 1. The molecule has 0 radical (unpaired) electrons. The van der Waals surface area contributed by atoms with E-state index >= 15 is 0 Å². The van der Waals surface area contributed by atoms with Crippen molar-refractivity contribution < 1.29 is 18.0 Å². The number of likely N-dealkylation sites (N-methyl/N-ethyl adjacent to an activating group) is 1. The van der Waals surface area contributed by atoms with E-state index in [2.05, 4.69) is 5.32 Å². The van der Waals surface area contributed by atoms with Gasteiger partial charge in [0.05, 0.1) is 11.4 Å². The van der Waals surface area contributed by atoms with Gasteiger partial charge in [0.2, 0.25) is 21.8 Å². The molecule has 0 saturated heterocycles. The summed E-state index contributed by atoms with van der Waals surface area (Å²) in [5.74, 6) is -0.723. The van der Waals surface area contributed by atoms with Crippen LogP contribution < -0.4 is 5.32 Å². The number of sulfonamides is 1. The summed E-state index contributed by atoms with van der Waals surface area (Å²) in [6.45, 7) is 7.32. The Balaban J connectivity index is 1.84.